The fraction of sp³-hybridized carbons (Fsp3) is 0.400. The van der Waals surface area contributed by atoms with Crippen molar-refractivity contribution in [1.82, 2.24) is 14.5 Å². The van der Waals surface area contributed by atoms with Crippen LogP contribution < -0.4 is 4.80 Å². The summed E-state index contributed by atoms with van der Waals surface area (Å²) in [4.78, 5) is 22.7. The van der Waals surface area contributed by atoms with Crippen LogP contribution in [-0.4, -0.2) is 33.6 Å². The van der Waals surface area contributed by atoms with Crippen LogP contribution in [0, 0.1) is 6.92 Å². The number of nitrogens with zero attached hydrogens (tertiary/aromatic N) is 4. The summed E-state index contributed by atoms with van der Waals surface area (Å²) in [6, 6.07) is 3.29. The fourth-order valence-electron chi connectivity index (χ4n) is 2.47. The van der Waals surface area contributed by atoms with Gasteiger partial charge in [0.15, 0.2) is 0 Å². The molecule has 0 unspecified atom stereocenters. The van der Waals surface area contributed by atoms with E-state index < -0.39 is 11.9 Å². The fourth-order valence-corrected chi connectivity index (χ4v) is 3.29. The molecule has 0 saturated carbocycles. The van der Waals surface area contributed by atoms with E-state index in [4.69, 9.17) is 0 Å². The number of halogens is 3. The second kappa shape index (κ2) is 6.39. The van der Waals surface area contributed by atoms with E-state index in [0.717, 1.165) is 23.8 Å². The minimum absolute atomic E-state index is 0.0853. The number of thiazole rings is 1. The van der Waals surface area contributed by atoms with Crippen molar-refractivity contribution < 1.29 is 18.0 Å². The van der Waals surface area contributed by atoms with Crippen molar-refractivity contribution in [3.63, 3.8) is 0 Å². The van der Waals surface area contributed by atoms with E-state index in [-0.39, 0.29) is 11.8 Å². The number of likely N-dealkylation sites (tertiary alicyclic amines) is 1. The van der Waals surface area contributed by atoms with E-state index in [2.05, 4.69) is 9.98 Å². The Labute approximate surface area is 140 Å². The SMILES string of the molecule is Cc1cn(-c2cccc(C(F)(F)F)n2)/c(=N/C(=O)N2CCCC2)s1. The third-order valence-corrected chi connectivity index (χ3v) is 4.51. The van der Waals surface area contributed by atoms with E-state index in [1.54, 1.807) is 18.0 Å². The molecule has 3 heterocycles. The van der Waals surface area contributed by atoms with Gasteiger partial charge in [0, 0.05) is 24.2 Å². The lowest BCUT2D eigenvalue weighted by Crippen LogP contribution is -2.27. The number of aromatic nitrogens is 2. The van der Waals surface area contributed by atoms with Gasteiger partial charge in [-0.05, 0) is 31.9 Å². The van der Waals surface area contributed by atoms with E-state index in [9.17, 15) is 18.0 Å². The molecule has 0 radical (unpaired) electrons. The summed E-state index contributed by atoms with van der Waals surface area (Å²) in [7, 11) is 0. The van der Waals surface area contributed by atoms with Gasteiger partial charge >= 0.3 is 12.2 Å². The summed E-state index contributed by atoms with van der Waals surface area (Å²) in [5.41, 5.74) is -0.979. The highest BCUT2D eigenvalue weighted by atomic mass is 32.1. The summed E-state index contributed by atoms with van der Waals surface area (Å²) < 4.78 is 40.0. The third kappa shape index (κ3) is 3.50. The van der Waals surface area contributed by atoms with Crippen LogP contribution in [0.4, 0.5) is 18.0 Å². The van der Waals surface area contributed by atoms with E-state index >= 15 is 0 Å². The maximum atomic E-state index is 12.9. The molecule has 1 aliphatic heterocycles. The Morgan fingerprint density at radius 3 is 2.67 bits per heavy atom. The number of hydrogen-bond acceptors (Lipinski definition) is 3. The number of alkyl halides is 3. The zero-order valence-electron chi connectivity index (χ0n) is 12.9. The Morgan fingerprint density at radius 2 is 2.00 bits per heavy atom. The highest BCUT2D eigenvalue weighted by molar-refractivity contribution is 7.09. The van der Waals surface area contributed by atoms with Crippen LogP contribution in [0.2, 0.25) is 0 Å². The zero-order chi connectivity index (χ0) is 17.3. The standard InChI is InChI=1S/C15H15F3N4OS/c1-10-9-22(12-6-4-5-11(19-12)15(16,17)18)14(24-10)20-13(23)21-7-2-3-8-21/h4-6,9H,2-3,7-8H2,1H3/b20-14-. The van der Waals surface area contributed by atoms with Crippen molar-refractivity contribution in [3.05, 3.63) is 39.8 Å². The lowest BCUT2D eigenvalue weighted by molar-refractivity contribution is -0.141. The lowest BCUT2D eigenvalue weighted by Gasteiger charge is -2.11. The molecule has 2 aromatic heterocycles. The first-order valence-electron chi connectivity index (χ1n) is 7.42. The molecule has 0 bridgehead atoms. The number of pyridine rings is 1. The van der Waals surface area contributed by atoms with Gasteiger partial charge in [-0.3, -0.25) is 4.57 Å². The monoisotopic (exact) mass is 356 g/mol. The zero-order valence-corrected chi connectivity index (χ0v) is 13.7. The topological polar surface area (TPSA) is 50.5 Å². The molecule has 5 nitrogen and oxygen atoms in total. The minimum atomic E-state index is -4.52. The van der Waals surface area contributed by atoms with Gasteiger partial charge in [0.2, 0.25) is 4.80 Å². The molecule has 0 aliphatic carbocycles. The molecule has 128 valence electrons. The van der Waals surface area contributed by atoms with E-state index in [0.29, 0.717) is 17.9 Å². The minimum Gasteiger partial charge on any atom is -0.323 e. The Hall–Kier alpha value is -2.16. The first-order chi connectivity index (χ1) is 11.3. The number of carbonyl (C=O) groups is 1. The van der Waals surface area contributed by atoms with E-state index in [1.165, 1.54) is 28.0 Å². The van der Waals surface area contributed by atoms with Crippen LogP contribution in [0.1, 0.15) is 23.4 Å². The van der Waals surface area contributed by atoms with Crippen molar-refractivity contribution in [2.24, 2.45) is 4.99 Å². The van der Waals surface area contributed by atoms with Crippen LogP contribution in [-0.2, 0) is 6.18 Å². The molecule has 0 N–H and O–H groups in total. The predicted molar refractivity (Wildman–Crippen MR) is 82.9 cm³/mol. The second-order valence-corrected chi connectivity index (χ2v) is 6.67. The number of carbonyl (C=O) groups excluding carboxylic acids is 1. The van der Waals surface area contributed by atoms with Gasteiger partial charge in [-0.2, -0.15) is 18.2 Å². The molecule has 0 atom stereocenters. The molecular formula is C15H15F3N4OS. The molecule has 0 spiro atoms. The Morgan fingerprint density at radius 1 is 1.29 bits per heavy atom. The number of hydrogen-bond donors (Lipinski definition) is 0. The van der Waals surface area contributed by atoms with Crippen LogP contribution in [0.3, 0.4) is 0 Å². The van der Waals surface area contributed by atoms with Gasteiger partial charge in [-0.1, -0.05) is 6.07 Å². The van der Waals surface area contributed by atoms with Gasteiger partial charge in [0.05, 0.1) is 0 Å². The van der Waals surface area contributed by atoms with Crippen molar-refractivity contribution in [3.8, 4) is 5.82 Å². The van der Waals surface area contributed by atoms with Crippen molar-refractivity contribution in [2.75, 3.05) is 13.1 Å². The number of rotatable bonds is 1. The molecule has 0 aromatic carbocycles. The van der Waals surface area contributed by atoms with Gasteiger partial charge in [0.25, 0.3) is 0 Å². The molecule has 24 heavy (non-hydrogen) atoms. The maximum absolute atomic E-state index is 12.9. The van der Waals surface area contributed by atoms with Gasteiger partial charge < -0.3 is 4.90 Å². The molecule has 3 rings (SSSR count). The van der Waals surface area contributed by atoms with Crippen LogP contribution in [0.5, 0.6) is 0 Å². The lowest BCUT2D eigenvalue weighted by atomic mass is 10.3. The molecule has 1 saturated heterocycles. The maximum Gasteiger partial charge on any atom is 0.433 e. The summed E-state index contributed by atoms with van der Waals surface area (Å²) in [5, 5.41) is 0. The molecule has 1 aliphatic rings. The largest absolute Gasteiger partial charge is 0.433 e. The number of amides is 2. The summed E-state index contributed by atoms with van der Waals surface area (Å²) in [5.74, 6) is 0.0853. The Bertz CT molecular complexity index is 819. The molecule has 2 amide bonds. The van der Waals surface area contributed by atoms with Gasteiger partial charge in [-0.25, -0.2) is 9.78 Å². The molecule has 2 aromatic rings. The van der Waals surface area contributed by atoms with Crippen LogP contribution in [0.25, 0.3) is 5.82 Å². The highest BCUT2D eigenvalue weighted by Gasteiger charge is 2.32. The molecular weight excluding hydrogens is 341 g/mol. The van der Waals surface area contributed by atoms with Gasteiger partial charge in [0.1, 0.15) is 11.5 Å². The predicted octanol–water partition coefficient (Wildman–Crippen LogP) is 3.38. The van der Waals surface area contributed by atoms with Crippen molar-refractivity contribution in [2.45, 2.75) is 25.9 Å². The van der Waals surface area contributed by atoms with Gasteiger partial charge in [-0.15, -0.1) is 11.3 Å². The normalized spacial score (nSPS) is 16.0. The van der Waals surface area contributed by atoms with Crippen molar-refractivity contribution in [1.29, 1.82) is 0 Å². The third-order valence-electron chi connectivity index (χ3n) is 3.61. The quantitative estimate of drug-likeness (QED) is 0.787. The van der Waals surface area contributed by atoms with E-state index in [1.807, 2.05) is 0 Å². The average Bonchev–Trinajstić information content (AvgIpc) is 3.16. The van der Waals surface area contributed by atoms with Crippen LogP contribution >= 0.6 is 11.3 Å². The second-order valence-electron chi connectivity index (χ2n) is 5.46. The number of aryl methyl sites for hydroxylation is 1. The highest BCUT2D eigenvalue weighted by Crippen LogP contribution is 2.27. The Balaban J connectivity index is 2.02. The molecule has 9 heteroatoms. The first-order valence-corrected chi connectivity index (χ1v) is 8.23. The van der Waals surface area contributed by atoms with Crippen molar-refractivity contribution >= 4 is 17.4 Å². The molecule has 1 fully saturated rings. The smallest absolute Gasteiger partial charge is 0.323 e. The average molecular weight is 356 g/mol. The Kier molecular flexibility index (Phi) is 4.44. The van der Waals surface area contributed by atoms with Crippen LogP contribution in [0.15, 0.2) is 29.4 Å². The summed E-state index contributed by atoms with van der Waals surface area (Å²) in [6.07, 6.45) is -1.01. The number of urea groups is 1. The summed E-state index contributed by atoms with van der Waals surface area (Å²) in [6.45, 7) is 3.12. The first kappa shape index (κ1) is 16.7. The summed E-state index contributed by atoms with van der Waals surface area (Å²) >= 11 is 1.24.